The third kappa shape index (κ3) is 3.83. The Hall–Kier alpha value is -1.40. The van der Waals surface area contributed by atoms with Crippen LogP contribution in [-0.2, 0) is 0 Å². The molecule has 110 valence electrons. The first-order valence-corrected chi connectivity index (χ1v) is 7.93. The Balaban J connectivity index is 2.31. The molecule has 6 heteroatoms. The van der Waals surface area contributed by atoms with Crippen LogP contribution in [0.2, 0.25) is 0 Å². The van der Waals surface area contributed by atoms with Crippen molar-refractivity contribution in [1.29, 1.82) is 0 Å². The second kappa shape index (κ2) is 6.58. The van der Waals surface area contributed by atoms with Crippen molar-refractivity contribution >= 4 is 43.2 Å². The van der Waals surface area contributed by atoms with Gasteiger partial charge in [0.1, 0.15) is 0 Å². The van der Waals surface area contributed by atoms with Crippen molar-refractivity contribution < 1.29 is 4.92 Å². The molecule has 0 aliphatic rings. The van der Waals surface area contributed by atoms with Gasteiger partial charge in [0, 0.05) is 26.6 Å². The fourth-order valence-corrected chi connectivity index (χ4v) is 3.05. The molecule has 0 bridgehead atoms. The van der Waals surface area contributed by atoms with Crippen molar-refractivity contribution in [3.63, 3.8) is 0 Å². The van der Waals surface area contributed by atoms with Crippen molar-refractivity contribution in [2.45, 2.75) is 19.9 Å². The number of hydrogen-bond donors (Lipinski definition) is 1. The molecule has 0 radical (unpaired) electrons. The fraction of sp³-hybridized carbons (Fsp3) is 0.200. The van der Waals surface area contributed by atoms with Gasteiger partial charge in [-0.05, 0) is 53.5 Å². The Morgan fingerprint density at radius 3 is 2.57 bits per heavy atom. The summed E-state index contributed by atoms with van der Waals surface area (Å²) in [6, 6.07) is 11.3. The van der Waals surface area contributed by atoms with Crippen LogP contribution in [0.25, 0.3) is 0 Å². The Bertz CT molecular complexity index is 689. The number of nitro benzene ring substituents is 1. The quantitative estimate of drug-likeness (QED) is 0.524. The number of nitrogens with zero attached hydrogens (tertiary/aromatic N) is 1. The lowest BCUT2D eigenvalue weighted by atomic mass is 10.1. The Morgan fingerprint density at radius 2 is 1.95 bits per heavy atom. The molecule has 0 amide bonds. The molecule has 1 N–H and O–H groups in total. The molecule has 2 rings (SSSR count). The van der Waals surface area contributed by atoms with Gasteiger partial charge in [0.25, 0.3) is 5.69 Å². The SMILES string of the molecule is Cc1cc(Br)c(NC(C)c2cccc(Br)c2)cc1[N+](=O)[O-]. The fourth-order valence-electron chi connectivity index (χ4n) is 2.06. The van der Waals surface area contributed by atoms with Gasteiger partial charge in [-0.2, -0.15) is 0 Å². The van der Waals surface area contributed by atoms with E-state index in [1.165, 1.54) is 0 Å². The Kier molecular flexibility index (Phi) is 5.00. The van der Waals surface area contributed by atoms with Crippen molar-refractivity contribution in [3.05, 3.63) is 66.6 Å². The van der Waals surface area contributed by atoms with Crippen LogP contribution >= 0.6 is 31.9 Å². The summed E-state index contributed by atoms with van der Waals surface area (Å²) in [6.07, 6.45) is 0. The molecule has 21 heavy (non-hydrogen) atoms. The van der Waals surface area contributed by atoms with Crippen LogP contribution in [0.1, 0.15) is 24.1 Å². The van der Waals surface area contributed by atoms with Crippen molar-refractivity contribution in [3.8, 4) is 0 Å². The smallest absolute Gasteiger partial charge is 0.274 e. The standard InChI is InChI=1S/C15H14Br2N2O2/c1-9-6-13(17)14(8-15(9)19(20)21)18-10(2)11-4-3-5-12(16)7-11/h3-8,10,18H,1-2H3. The number of nitro groups is 1. The first-order valence-electron chi connectivity index (χ1n) is 6.35. The zero-order chi connectivity index (χ0) is 15.6. The zero-order valence-electron chi connectivity index (χ0n) is 11.6. The molecule has 4 nitrogen and oxygen atoms in total. The van der Waals surface area contributed by atoms with Gasteiger partial charge in [-0.25, -0.2) is 0 Å². The highest BCUT2D eigenvalue weighted by atomic mass is 79.9. The topological polar surface area (TPSA) is 55.2 Å². The lowest BCUT2D eigenvalue weighted by Crippen LogP contribution is -2.07. The highest BCUT2D eigenvalue weighted by Crippen LogP contribution is 2.33. The van der Waals surface area contributed by atoms with Gasteiger partial charge in [-0.15, -0.1) is 0 Å². The van der Waals surface area contributed by atoms with Crippen molar-refractivity contribution in [2.75, 3.05) is 5.32 Å². The van der Waals surface area contributed by atoms with Gasteiger partial charge in [0.2, 0.25) is 0 Å². The summed E-state index contributed by atoms with van der Waals surface area (Å²) < 4.78 is 1.81. The van der Waals surface area contributed by atoms with E-state index in [4.69, 9.17) is 0 Å². The third-order valence-electron chi connectivity index (χ3n) is 3.20. The highest BCUT2D eigenvalue weighted by molar-refractivity contribution is 9.10. The molecule has 0 saturated heterocycles. The molecule has 0 aliphatic carbocycles. The lowest BCUT2D eigenvalue weighted by Gasteiger charge is -2.17. The maximum Gasteiger partial charge on any atom is 0.274 e. The first kappa shape index (κ1) is 16.0. The number of rotatable bonds is 4. The average Bonchev–Trinajstić information content (AvgIpc) is 2.41. The lowest BCUT2D eigenvalue weighted by molar-refractivity contribution is -0.385. The normalized spacial score (nSPS) is 12.0. The van der Waals surface area contributed by atoms with Crippen LogP contribution in [0.3, 0.4) is 0 Å². The summed E-state index contributed by atoms with van der Waals surface area (Å²) in [6.45, 7) is 3.74. The van der Waals surface area contributed by atoms with E-state index >= 15 is 0 Å². The molecule has 0 spiro atoms. The van der Waals surface area contributed by atoms with Gasteiger partial charge in [-0.1, -0.05) is 28.1 Å². The van der Waals surface area contributed by atoms with E-state index in [1.54, 1.807) is 19.1 Å². The number of aryl methyl sites for hydroxylation is 1. The van der Waals surface area contributed by atoms with Gasteiger partial charge in [-0.3, -0.25) is 10.1 Å². The second-order valence-corrected chi connectivity index (χ2v) is 6.57. The highest BCUT2D eigenvalue weighted by Gasteiger charge is 2.16. The Morgan fingerprint density at radius 1 is 1.24 bits per heavy atom. The van der Waals surface area contributed by atoms with Gasteiger partial charge in [0.05, 0.1) is 10.6 Å². The summed E-state index contributed by atoms with van der Waals surface area (Å²) >= 11 is 6.90. The van der Waals surface area contributed by atoms with Gasteiger partial charge >= 0.3 is 0 Å². The molecule has 0 aliphatic heterocycles. The van der Waals surface area contributed by atoms with Gasteiger partial charge < -0.3 is 5.32 Å². The van der Waals surface area contributed by atoms with E-state index in [0.29, 0.717) is 11.3 Å². The predicted molar refractivity (Wildman–Crippen MR) is 91.7 cm³/mol. The molecule has 0 heterocycles. The van der Waals surface area contributed by atoms with Crippen LogP contribution in [0.15, 0.2) is 45.3 Å². The van der Waals surface area contributed by atoms with E-state index in [9.17, 15) is 10.1 Å². The van der Waals surface area contributed by atoms with E-state index in [2.05, 4.69) is 37.2 Å². The molecule has 0 saturated carbocycles. The molecular formula is C15H14Br2N2O2. The number of benzene rings is 2. The van der Waals surface area contributed by atoms with Crippen molar-refractivity contribution in [2.24, 2.45) is 0 Å². The van der Waals surface area contributed by atoms with Crippen LogP contribution in [0, 0.1) is 17.0 Å². The van der Waals surface area contributed by atoms with E-state index < -0.39 is 0 Å². The largest absolute Gasteiger partial charge is 0.377 e. The molecule has 1 unspecified atom stereocenters. The minimum absolute atomic E-state index is 0.0288. The number of hydrogen-bond acceptors (Lipinski definition) is 3. The van der Waals surface area contributed by atoms with Crippen LogP contribution < -0.4 is 5.32 Å². The number of nitrogens with one attached hydrogen (secondary N) is 1. The zero-order valence-corrected chi connectivity index (χ0v) is 14.7. The number of halogens is 2. The maximum absolute atomic E-state index is 11.0. The second-order valence-electron chi connectivity index (χ2n) is 4.80. The van der Waals surface area contributed by atoms with E-state index in [1.807, 2.05) is 31.2 Å². The summed E-state index contributed by atoms with van der Waals surface area (Å²) in [5.74, 6) is 0. The van der Waals surface area contributed by atoms with Gasteiger partial charge in [0.15, 0.2) is 0 Å². The molecule has 2 aromatic rings. The summed E-state index contributed by atoms with van der Waals surface area (Å²) in [4.78, 5) is 10.7. The van der Waals surface area contributed by atoms with E-state index in [0.717, 1.165) is 14.5 Å². The number of anilines is 1. The van der Waals surface area contributed by atoms with Crippen molar-refractivity contribution in [1.82, 2.24) is 0 Å². The summed E-state index contributed by atoms with van der Waals surface area (Å²) in [7, 11) is 0. The van der Waals surface area contributed by atoms with Crippen LogP contribution in [0.4, 0.5) is 11.4 Å². The van der Waals surface area contributed by atoms with Crippen LogP contribution in [-0.4, -0.2) is 4.92 Å². The average molecular weight is 414 g/mol. The third-order valence-corrected chi connectivity index (χ3v) is 4.35. The first-order chi connectivity index (χ1) is 9.88. The van der Waals surface area contributed by atoms with Crippen LogP contribution in [0.5, 0.6) is 0 Å². The monoisotopic (exact) mass is 412 g/mol. The van der Waals surface area contributed by atoms with E-state index in [-0.39, 0.29) is 16.7 Å². The molecule has 0 aromatic heterocycles. The summed E-state index contributed by atoms with van der Waals surface area (Å²) in [5.41, 5.74) is 2.55. The molecular weight excluding hydrogens is 400 g/mol. The molecule has 0 fully saturated rings. The molecule has 2 aromatic carbocycles. The minimum Gasteiger partial charge on any atom is -0.377 e. The maximum atomic E-state index is 11.0. The predicted octanol–water partition coefficient (Wildman–Crippen LogP) is 5.60. The Labute approximate surface area is 140 Å². The summed E-state index contributed by atoms with van der Waals surface area (Å²) in [5, 5.41) is 14.3. The minimum atomic E-state index is -0.364. The molecule has 1 atom stereocenters.